The fourth-order valence-corrected chi connectivity index (χ4v) is 2.32. The molecule has 2 N–H and O–H groups in total. The number of amides is 1. The molecular formula is C15H22N2O. The van der Waals surface area contributed by atoms with Gasteiger partial charge in [-0.3, -0.25) is 4.79 Å². The van der Waals surface area contributed by atoms with Crippen molar-refractivity contribution in [3.05, 3.63) is 29.8 Å². The highest BCUT2D eigenvalue weighted by Gasteiger charge is 2.22. The number of carbonyl (C=O) groups is 1. The van der Waals surface area contributed by atoms with E-state index >= 15 is 0 Å². The van der Waals surface area contributed by atoms with Crippen molar-refractivity contribution in [2.75, 3.05) is 18.8 Å². The lowest BCUT2D eigenvalue weighted by Crippen LogP contribution is -2.38. The highest BCUT2D eigenvalue weighted by Crippen LogP contribution is 2.27. The van der Waals surface area contributed by atoms with Crippen molar-refractivity contribution in [2.45, 2.75) is 32.6 Å². The second kappa shape index (κ2) is 5.89. The van der Waals surface area contributed by atoms with Gasteiger partial charge in [-0.25, -0.2) is 0 Å². The minimum absolute atomic E-state index is 0.231. The molecule has 1 aliphatic rings. The first-order valence-corrected chi connectivity index (χ1v) is 6.81. The van der Waals surface area contributed by atoms with Crippen LogP contribution in [0.15, 0.2) is 24.3 Å². The molecule has 3 heteroatoms. The van der Waals surface area contributed by atoms with E-state index in [4.69, 9.17) is 5.73 Å². The monoisotopic (exact) mass is 246 g/mol. The van der Waals surface area contributed by atoms with E-state index in [9.17, 15) is 4.79 Å². The lowest BCUT2D eigenvalue weighted by Gasteiger charge is -2.31. The highest BCUT2D eigenvalue weighted by molar-refractivity contribution is 5.78. The fraction of sp³-hybridized carbons (Fsp3) is 0.533. The number of nitrogens with zero attached hydrogens (tertiary/aromatic N) is 1. The molecule has 18 heavy (non-hydrogen) atoms. The molecule has 1 aliphatic carbocycles. The molecule has 1 fully saturated rings. The van der Waals surface area contributed by atoms with Gasteiger partial charge in [0.05, 0.1) is 6.42 Å². The summed E-state index contributed by atoms with van der Waals surface area (Å²) in [5, 5.41) is 0. The van der Waals surface area contributed by atoms with Crippen molar-refractivity contribution < 1.29 is 4.79 Å². The third kappa shape index (κ3) is 3.25. The molecule has 0 atom stereocenters. The average molecular weight is 246 g/mol. The molecule has 0 aliphatic heterocycles. The van der Waals surface area contributed by atoms with Gasteiger partial charge < -0.3 is 10.6 Å². The summed E-state index contributed by atoms with van der Waals surface area (Å²) in [5.41, 5.74) is 7.43. The number of carbonyl (C=O) groups excluding carboxylic acids is 1. The van der Waals surface area contributed by atoms with Gasteiger partial charge in [0.15, 0.2) is 0 Å². The van der Waals surface area contributed by atoms with Crippen molar-refractivity contribution in [2.24, 2.45) is 5.92 Å². The number of rotatable bonds is 5. The Kier molecular flexibility index (Phi) is 4.24. The zero-order valence-electron chi connectivity index (χ0n) is 11.1. The van der Waals surface area contributed by atoms with E-state index in [1.54, 1.807) is 0 Å². The van der Waals surface area contributed by atoms with Gasteiger partial charge >= 0.3 is 0 Å². The van der Waals surface area contributed by atoms with Crippen LogP contribution in [-0.2, 0) is 11.2 Å². The Morgan fingerprint density at radius 3 is 2.50 bits per heavy atom. The summed E-state index contributed by atoms with van der Waals surface area (Å²) in [5.74, 6) is 0.967. The largest absolute Gasteiger partial charge is 0.399 e. The lowest BCUT2D eigenvalue weighted by molar-refractivity contribution is -0.131. The van der Waals surface area contributed by atoms with Gasteiger partial charge in [-0.1, -0.05) is 18.6 Å². The third-order valence-electron chi connectivity index (χ3n) is 3.77. The number of hydrogen-bond donors (Lipinski definition) is 1. The van der Waals surface area contributed by atoms with Crippen LogP contribution in [0.4, 0.5) is 5.69 Å². The van der Waals surface area contributed by atoms with Crippen molar-refractivity contribution in [1.82, 2.24) is 4.90 Å². The van der Waals surface area contributed by atoms with Crippen LogP contribution >= 0.6 is 0 Å². The van der Waals surface area contributed by atoms with Crippen LogP contribution in [0.1, 0.15) is 31.7 Å². The van der Waals surface area contributed by atoms with Gasteiger partial charge in [-0.05, 0) is 43.4 Å². The normalized spacial score (nSPS) is 15.2. The Morgan fingerprint density at radius 2 is 2.00 bits per heavy atom. The van der Waals surface area contributed by atoms with Crippen LogP contribution in [0.5, 0.6) is 0 Å². The van der Waals surface area contributed by atoms with Gasteiger partial charge in [0.25, 0.3) is 0 Å². The third-order valence-corrected chi connectivity index (χ3v) is 3.77. The molecule has 0 aromatic heterocycles. The first-order chi connectivity index (χ1) is 8.69. The molecule has 3 nitrogen and oxygen atoms in total. The molecule has 0 saturated heterocycles. The van der Waals surface area contributed by atoms with Crippen molar-refractivity contribution in [3.8, 4) is 0 Å². The molecule has 2 rings (SSSR count). The van der Waals surface area contributed by atoms with Gasteiger partial charge in [-0.2, -0.15) is 0 Å². The van der Waals surface area contributed by atoms with E-state index in [1.165, 1.54) is 19.3 Å². The van der Waals surface area contributed by atoms with Gasteiger partial charge in [-0.15, -0.1) is 0 Å². The number of nitrogen functional groups attached to an aromatic ring is 1. The molecule has 1 saturated carbocycles. The zero-order chi connectivity index (χ0) is 13.0. The van der Waals surface area contributed by atoms with E-state index in [0.717, 1.165) is 30.3 Å². The first kappa shape index (κ1) is 12.9. The summed E-state index contributed by atoms with van der Waals surface area (Å²) in [6.07, 6.45) is 4.38. The van der Waals surface area contributed by atoms with Gasteiger partial charge in [0.2, 0.25) is 5.91 Å². The Hall–Kier alpha value is -1.51. The number of nitrogens with two attached hydrogens (primary N) is 1. The highest BCUT2D eigenvalue weighted by atomic mass is 16.2. The average Bonchev–Trinajstić information content (AvgIpc) is 2.31. The van der Waals surface area contributed by atoms with Gasteiger partial charge in [0, 0.05) is 18.8 Å². The summed E-state index contributed by atoms with van der Waals surface area (Å²) in [6, 6.07) is 7.57. The van der Waals surface area contributed by atoms with E-state index in [2.05, 4.69) is 6.92 Å². The smallest absolute Gasteiger partial charge is 0.226 e. The van der Waals surface area contributed by atoms with Crippen molar-refractivity contribution >= 4 is 11.6 Å². The minimum atomic E-state index is 0.231. The van der Waals surface area contributed by atoms with E-state index < -0.39 is 0 Å². The first-order valence-electron chi connectivity index (χ1n) is 6.81. The van der Waals surface area contributed by atoms with Crippen LogP contribution in [0, 0.1) is 5.92 Å². The van der Waals surface area contributed by atoms with Crippen LogP contribution < -0.4 is 5.73 Å². The Labute approximate surface area is 109 Å². The fourth-order valence-electron chi connectivity index (χ4n) is 2.32. The van der Waals surface area contributed by atoms with Crippen LogP contribution in [0.2, 0.25) is 0 Å². The maximum absolute atomic E-state index is 12.2. The quantitative estimate of drug-likeness (QED) is 0.811. The number of benzene rings is 1. The zero-order valence-corrected chi connectivity index (χ0v) is 11.1. The predicted octanol–water partition coefficient (Wildman–Crippen LogP) is 2.46. The number of hydrogen-bond acceptors (Lipinski definition) is 2. The lowest BCUT2D eigenvalue weighted by atomic mass is 9.85. The molecule has 98 valence electrons. The summed E-state index contributed by atoms with van der Waals surface area (Å²) in [6.45, 7) is 3.80. The summed E-state index contributed by atoms with van der Waals surface area (Å²) in [4.78, 5) is 14.2. The second-order valence-corrected chi connectivity index (χ2v) is 5.15. The Morgan fingerprint density at radius 1 is 1.33 bits per heavy atom. The van der Waals surface area contributed by atoms with Crippen molar-refractivity contribution in [3.63, 3.8) is 0 Å². The summed E-state index contributed by atoms with van der Waals surface area (Å²) >= 11 is 0. The number of anilines is 1. The van der Waals surface area contributed by atoms with E-state index in [-0.39, 0.29) is 5.91 Å². The molecule has 0 radical (unpaired) electrons. The van der Waals surface area contributed by atoms with E-state index in [0.29, 0.717) is 6.42 Å². The molecule has 1 aromatic rings. The van der Waals surface area contributed by atoms with Crippen LogP contribution in [0.25, 0.3) is 0 Å². The molecule has 0 heterocycles. The molecule has 1 amide bonds. The SMILES string of the molecule is CCN(CC1CCC1)C(=O)Cc1ccc(N)cc1. The molecular weight excluding hydrogens is 224 g/mol. The summed E-state index contributed by atoms with van der Waals surface area (Å²) < 4.78 is 0. The van der Waals surface area contributed by atoms with E-state index in [1.807, 2.05) is 29.2 Å². The summed E-state index contributed by atoms with van der Waals surface area (Å²) in [7, 11) is 0. The standard InChI is InChI=1S/C15H22N2O/c1-2-17(11-13-4-3-5-13)15(18)10-12-6-8-14(16)9-7-12/h6-9,13H,2-5,10-11,16H2,1H3. The molecule has 0 spiro atoms. The second-order valence-electron chi connectivity index (χ2n) is 5.15. The number of likely N-dealkylation sites (N-methyl/N-ethyl adjacent to an activating group) is 1. The van der Waals surface area contributed by atoms with Crippen molar-refractivity contribution in [1.29, 1.82) is 0 Å². The van der Waals surface area contributed by atoms with Gasteiger partial charge in [0.1, 0.15) is 0 Å². The Balaban J connectivity index is 1.89. The van der Waals surface area contributed by atoms with Crippen LogP contribution in [0.3, 0.4) is 0 Å². The Bertz CT molecular complexity index is 395. The molecule has 0 bridgehead atoms. The maximum Gasteiger partial charge on any atom is 0.226 e. The van der Waals surface area contributed by atoms with Crippen LogP contribution in [-0.4, -0.2) is 23.9 Å². The minimum Gasteiger partial charge on any atom is -0.399 e. The molecule has 1 aromatic carbocycles. The maximum atomic E-state index is 12.2. The molecule has 0 unspecified atom stereocenters. The topological polar surface area (TPSA) is 46.3 Å². The predicted molar refractivity (Wildman–Crippen MR) is 74.2 cm³/mol.